The average molecular weight is 256 g/mol. The van der Waals surface area contributed by atoms with Crippen LogP contribution >= 0.6 is 0 Å². The van der Waals surface area contributed by atoms with Gasteiger partial charge in [0.2, 0.25) is 0 Å². The second-order valence-corrected chi connectivity index (χ2v) is 7.18. The summed E-state index contributed by atoms with van der Waals surface area (Å²) in [6, 6.07) is 0.909. The first-order valence-corrected chi connectivity index (χ1v) is 7.35. The number of aliphatic hydroxyl groups excluding tert-OH is 1. The lowest BCUT2D eigenvalue weighted by Crippen LogP contribution is -2.54. The molecule has 0 aliphatic carbocycles. The van der Waals surface area contributed by atoms with E-state index in [-0.39, 0.29) is 12.1 Å². The van der Waals surface area contributed by atoms with Gasteiger partial charge in [0.25, 0.3) is 0 Å². The van der Waals surface area contributed by atoms with Gasteiger partial charge in [-0.25, -0.2) is 0 Å². The Morgan fingerprint density at radius 1 is 1.33 bits per heavy atom. The number of aliphatic hydroxyl groups is 1. The number of rotatable bonds is 6. The topological polar surface area (TPSA) is 35.5 Å². The lowest BCUT2D eigenvalue weighted by molar-refractivity contribution is 0.0744. The van der Waals surface area contributed by atoms with Crippen LogP contribution < -0.4 is 5.32 Å². The van der Waals surface area contributed by atoms with Crippen LogP contribution in [-0.4, -0.2) is 46.3 Å². The first-order valence-electron chi connectivity index (χ1n) is 7.35. The van der Waals surface area contributed by atoms with Crippen molar-refractivity contribution in [2.45, 2.75) is 84.0 Å². The van der Waals surface area contributed by atoms with Crippen molar-refractivity contribution in [3.8, 4) is 0 Å². The molecule has 0 amide bonds. The number of hydrogen-bond acceptors (Lipinski definition) is 3. The Morgan fingerprint density at radius 3 is 2.33 bits per heavy atom. The molecule has 18 heavy (non-hydrogen) atoms. The molecular weight excluding hydrogens is 224 g/mol. The van der Waals surface area contributed by atoms with Crippen molar-refractivity contribution >= 4 is 0 Å². The molecule has 0 spiro atoms. The maximum absolute atomic E-state index is 9.67. The molecule has 0 aromatic rings. The molecule has 2 atom stereocenters. The van der Waals surface area contributed by atoms with Gasteiger partial charge < -0.3 is 10.4 Å². The van der Waals surface area contributed by atoms with Crippen molar-refractivity contribution in [3.63, 3.8) is 0 Å². The minimum Gasteiger partial charge on any atom is -0.394 e. The molecule has 1 aliphatic heterocycles. The molecule has 0 aromatic carbocycles. The third-order valence-electron chi connectivity index (χ3n) is 4.23. The molecular formula is C15H32N2O. The highest BCUT2D eigenvalue weighted by Gasteiger charge is 2.37. The van der Waals surface area contributed by atoms with Gasteiger partial charge in [0.15, 0.2) is 0 Å². The van der Waals surface area contributed by atoms with E-state index in [1.807, 2.05) is 0 Å². The highest BCUT2D eigenvalue weighted by Crippen LogP contribution is 2.32. The Labute approximate surface area is 113 Å². The smallest absolute Gasteiger partial charge is 0.0611 e. The van der Waals surface area contributed by atoms with Crippen molar-refractivity contribution in [2.24, 2.45) is 0 Å². The predicted molar refractivity (Wildman–Crippen MR) is 77.9 cm³/mol. The highest BCUT2D eigenvalue weighted by molar-refractivity contribution is 4.95. The molecule has 1 aliphatic rings. The summed E-state index contributed by atoms with van der Waals surface area (Å²) in [5, 5.41) is 13.2. The molecule has 0 aromatic heterocycles. The largest absolute Gasteiger partial charge is 0.394 e. The predicted octanol–water partition coefficient (Wildman–Crippen LogP) is 2.39. The quantitative estimate of drug-likeness (QED) is 0.766. The summed E-state index contributed by atoms with van der Waals surface area (Å²) in [4.78, 5) is 2.60. The number of nitrogens with zero attached hydrogens (tertiary/aromatic N) is 1. The van der Waals surface area contributed by atoms with Crippen LogP contribution in [0.1, 0.15) is 60.8 Å². The van der Waals surface area contributed by atoms with Crippen LogP contribution in [0.25, 0.3) is 0 Å². The Morgan fingerprint density at radius 2 is 1.94 bits per heavy atom. The van der Waals surface area contributed by atoms with Crippen LogP contribution in [0.2, 0.25) is 0 Å². The van der Waals surface area contributed by atoms with E-state index >= 15 is 0 Å². The molecule has 1 saturated heterocycles. The first-order chi connectivity index (χ1) is 8.20. The van der Waals surface area contributed by atoms with Crippen molar-refractivity contribution in [1.82, 2.24) is 10.2 Å². The molecule has 1 fully saturated rings. The molecule has 0 saturated carbocycles. The lowest BCUT2D eigenvalue weighted by atomic mass is 9.91. The Kier molecular flexibility index (Phi) is 5.22. The summed E-state index contributed by atoms with van der Waals surface area (Å²) < 4.78 is 0. The van der Waals surface area contributed by atoms with E-state index in [1.54, 1.807) is 0 Å². The molecule has 2 unspecified atom stereocenters. The monoisotopic (exact) mass is 256 g/mol. The first kappa shape index (κ1) is 15.9. The minimum absolute atomic E-state index is 0.174. The Balaban J connectivity index is 2.64. The van der Waals surface area contributed by atoms with Crippen molar-refractivity contribution < 1.29 is 5.11 Å². The van der Waals surface area contributed by atoms with E-state index in [9.17, 15) is 5.11 Å². The summed E-state index contributed by atoms with van der Waals surface area (Å²) in [5.74, 6) is 0. The molecule has 108 valence electrons. The molecule has 1 heterocycles. The van der Waals surface area contributed by atoms with Crippen LogP contribution in [-0.2, 0) is 0 Å². The van der Waals surface area contributed by atoms with Crippen molar-refractivity contribution in [1.29, 1.82) is 0 Å². The van der Waals surface area contributed by atoms with E-state index in [0.29, 0.717) is 17.6 Å². The second-order valence-electron chi connectivity index (χ2n) is 7.18. The molecule has 0 bridgehead atoms. The third-order valence-corrected chi connectivity index (χ3v) is 4.23. The Hall–Kier alpha value is -0.120. The molecule has 3 nitrogen and oxygen atoms in total. The van der Waals surface area contributed by atoms with Crippen LogP contribution in [0.15, 0.2) is 0 Å². The fourth-order valence-electron chi connectivity index (χ4n) is 3.57. The van der Waals surface area contributed by atoms with E-state index in [1.165, 1.54) is 19.4 Å². The van der Waals surface area contributed by atoms with E-state index in [2.05, 4.69) is 51.8 Å². The van der Waals surface area contributed by atoms with Gasteiger partial charge in [-0.2, -0.15) is 0 Å². The average Bonchev–Trinajstić information content (AvgIpc) is 2.56. The van der Waals surface area contributed by atoms with Gasteiger partial charge in [-0.05, 0) is 53.5 Å². The SMILES string of the molecule is CC(C)NC(C)(CO)CC(C)N1CCCC1(C)C. The van der Waals surface area contributed by atoms with Gasteiger partial charge in [-0.1, -0.05) is 13.8 Å². The van der Waals surface area contributed by atoms with E-state index in [0.717, 1.165) is 6.42 Å². The van der Waals surface area contributed by atoms with Crippen molar-refractivity contribution in [3.05, 3.63) is 0 Å². The van der Waals surface area contributed by atoms with E-state index < -0.39 is 0 Å². The Bertz CT molecular complexity index is 265. The second kappa shape index (κ2) is 5.89. The third kappa shape index (κ3) is 3.94. The fourth-order valence-corrected chi connectivity index (χ4v) is 3.57. The molecule has 0 radical (unpaired) electrons. The standard InChI is InChI=1S/C15H32N2O/c1-12(2)16-15(6,11-18)10-13(3)17-9-7-8-14(17,4)5/h12-13,16,18H,7-11H2,1-6H3. The number of likely N-dealkylation sites (tertiary alicyclic amines) is 1. The molecule has 1 rings (SSSR count). The summed E-state index contributed by atoms with van der Waals surface area (Å²) in [5.41, 5.74) is 0.139. The summed E-state index contributed by atoms with van der Waals surface area (Å²) in [6.07, 6.45) is 3.57. The highest BCUT2D eigenvalue weighted by atomic mass is 16.3. The zero-order valence-corrected chi connectivity index (χ0v) is 13.1. The van der Waals surface area contributed by atoms with Crippen LogP contribution in [0.5, 0.6) is 0 Å². The number of nitrogens with one attached hydrogen (secondary N) is 1. The summed E-state index contributed by atoms with van der Waals surface area (Å²) >= 11 is 0. The maximum Gasteiger partial charge on any atom is 0.0611 e. The van der Waals surface area contributed by atoms with Crippen LogP contribution in [0.3, 0.4) is 0 Å². The summed E-state index contributed by atoms with van der Waals surface area (Å²) in [7, 11) is 0. The lowest BCUT2D eigenvalue weighted by Gasteiger charge is -2.41. The van der Waals surface area contributed by atoms with Gasteiger partial charge in [0, 0.05) is 23.2 Å². The van der Waals surface area contributed by atoms with Crippen molar-refractivity contribution in [2.75, 3.05) is 13.2 Å². The molecule has 3 heteroatoms. The maximum atomic E-state index is 9.67. The van der Waals surface area contributed by atoms with Crippen LogP contribution in [0.4, 0.5) is 0 Å². The molecule has 2 N–H and O–H groups in total. The zero-order valence-electron chi connectivity index (χ0n) is 13.1. The fraction of sp³-hybridized carbons (Fsp3) is 1.00. The number of hydrogen-bond donors (Lipinski definition) is 2. The van der Waals surface area contributed by atoms with Crippen LogP contribution in [0, 0.1) is 0 Å². The van der Waals surface area contributed by atoms with Gasteiger partial charge in [0.05, 0.1) is 6.61 Å². The van der Waals surface area contributed by atoms with Gasteiger partial charge >= 0.3 is 0 Å². The van der Waals surface area contributed by atoms with Gasteiger partial charge in [0.1, 0.15) is 0 Å². The minimum atomic E-state index is -0.174. The van der Waals surface area contributed by atoms with Gasteiger partial charge in [-0.3, -0.25) is 4.90 Å². The van der Waals surface area contributed by atoms with Gasteiger partial charge in [-0.15, -0.1) is 0 Å². The summed E-state index contributed by atoms with van der Waals surface area (Å²) in [6.45, 7) is 14.8. The normalized spacial score (nSPS) is 25.3. The zero-order chi connectivity index (χ0) is 14.0. The van der Waals surface area contributed by atoms with E-state index in [4.69, 9.17) is 0 Å².